The highest BCUT2D eigenvalue weighted by Gasteiger charge is 2.10. The number of amides is 1. The van der Waals surface area contributed by atoms with E-state index in [9.17, 15) is 9.59 Å². The normalized spacial score (nSPS) is 10.4. The van der Waals surface area contributed by atoms with Crippen molar-refractivity contribution in [3.05, 3.63) is 74.8 Å². The van der Waals surface area contributed by atoms with Crippen LogP contribution in [-0.4, -0.2) is 20.7 Å². The van der Waals surface area contributed by atoms with Crippen molar-refractivity contribution in [1.29, 1.82) is 0 Å². The zero-order valence-electron chi connectivity index (χ0n) is 13.4. The first-order valence-corrected chi connectivity index (χ1v) is 8.12. The molecule has 132 valence electrons. The van der Waals surface area contributed by atoms with E-state index >= 15 is 0 Å². The summed E-state index contributed by atoms with van der Waals surface area (Å²) in [6, 6.07) is 10.8. The Kier molecular flexibility index (Phi) is 5.20. The van der Waals surface area contributed by atoms with E-state index in [0.717, 1.165) is 4.68 Å². The van der Waals surface area contributed by atoms with E-state index in [1.807, 2.05) is 0 Å². The van der Waals surface area contributed by atoms with Crippen molar-refractivity contribution >= 4 is 34.8 Å². The lowest BCUT2D eigenvalue weighted by atomic mass is 10.3. The third-order valence-corrected chi connectivity index (χ3v) is 3.77. The molecular formula is C17H12Cl2N4O3. The van der Waals surface area contributed by atoms with Crippen LogP contribution >= 0.6 is 23.2 Å². The Balaban J connectivity index is 1.70. The zero-order chi connectivity index (χ0) is 18.7. The molecule has 26 heavy (non-hydrogen) atoms. The summed E-state index contributed by atoms with van der Waals surface area (Å²) in [5.74, 6) is 0.277. The van der Waals surface area contributed by atoms with Crippen molar-refractivity contribution in [3.63, 3.8) is 0 Å². The predicted octanol–water partition coefficient (Wildman–Crippen LogP) is 3.53. The van der Waals surface area contributed by atoms with Gasteiger partial charge in [0.25, 0.3) is 11.5 Å². The van der Waals surface area contributed by atoms with Gasteiger partial charge in [-0.2, -0.15) is 5.10 Å². The van der Waals surface area contributed by atoms with Gasteiger partial charge in [0.15, 0.2) is 0 Å². The number of carbonyl (C=O) groups excluding carboxylic acids is 1. The summed E-state index contributed by atoms with van der Waals surface area (Å²) in [6.45, 7) is 0. The molecule has 0 radical (unpaired) electrons. The van der Waals surface area contributed by atoms with Crippen LogP contribution in [-0.2, 0) is 7.05 Å². The van der Waals surface area contributed by atoms with E-state index in [4.69, 9.17) is 27.9 Å². The molecule has 0 saturated carbocycles. The molecule has 0 aliphatic rings. The molecule has 2 heterocycles. The maximum absolute atomic E-state index is 12.2. The molecule has 9 heteroatoms. The molecule has 0 aliphatic heterocycles. The number of anilines is 1. The van der Waals surface area contributed by atoms with Gasteiger partial charge in [-0.3, -0.25) is 9.59 Å². The lowest BCUT2D eigenvalue weighted by Crippen LogP contribution is -2.23. The largest absolute Gasteiger partial charge is 0.438 e. The third kappa shape index (κ3) is 4.19. The second-order valence-corrected chi connectivity index (χ2v) is 6.05. The highest BCUT2D eigenvalue weighted by molar-refractivity contribution is 6.35. The number of halogens is 2. The van der Waals surface area contributed by atoms with Crippen LogP contribution in [0.25, 0.3) is 0 Å². The van der Waals surface area contributed by atoms with Crippen molar-refractivity contribution < 1.29 is 9.53 Å². The van der Waals surface area contributed by atoms with E-state index in [2.05, 4.69) is 15.4 Å². The average Bonchev–Trinajstić information content (AvgIpc) is 2.61. The summed E-state index contributed by atoms with van der Waals surface area (Å²) in [5, 5.41) is 7.27. The molecule has 1 N–H and O–H groups in total. The second-order valence-electron chi connectivity index (χ2n) is 5.20. The summed E-state index contributed by atoms with van der Waals surface area (Å²) < 4.78 is 6.66. The van der Waals surface area contributed by atoms with E-state index < -0.39 is 5.91 Å². The molecule has 0 bridgehead atoms. The number of ether oxygens (including phenoxy) is 1. The minimum absolute atomic E-state index is 0.129. The minimum Gasteiger partial charge on any atom is -0.438 e. The number of benzene rings is 1. The molecule has 3 aromatic rings. The standard InChI is InChI=1S/C17H12Cl2N4O3/c1-23-15(24)7-6-14(22-23)16(25)21-11-2-4-12(5-3-11)26-17-13(19)8-10(18)9-20-17/h2-9H,1H3,(H,21,25). The Labute approximate surface area is 158 Å². The van der Waals surface area contributed by atoms with Gasteiger partial charge in [-0.25, -0.2) is 9.67 Å². The fourth-order valence-corrected chi connectivity index (χ4v) is 2.43. The molecular weight excluding hydrogens is 379 g/mol. The van der Waals surface area contributed by atoms with Crippen molar-refractivity contribution in [2.45, 2.75) is 0 Å². The Hall–Kier alpha value is -2.90. The van der Waals surface area contributed by atoms with E-state index in [0.29, 0.717) is 16.5 Å². The molecule has 0 atom stereocenters. The number of nitrogens with one attached hydrogen (secondary N) is 1. The molecule has 1 aromatic carbocycles. The van der Waals surface area contributed by atoms with Gasteiger partial charge in [0.1, 0.15) is 16.5 Å². The van der Waals surface area contributed by atoms with Gasteiger partial charge in [0.2, 0.25) is 5.88 Å². The number of hydrogen-bond donors (Lipinski definition) is 1. The van der Waals surface area contributed by atoms with Crippen molar-refractivity contribution in [1.82, 2.24) is 14.8 Å². The maximum Gasteiger partial charge on any atom is 0.276 e. The lowest BCUT2D eigenvalue weighted by Gasteiger charge is -2.08. The van der Waals surface area contributed by atoms with Gasteiger partial charge in [0.05, 0.1) is 5.02 Å². The summed E-state index contributed by atoms with van der Waals surface area (Å²) in [6.07, 6.45) is 1.43. The van der Waals surface area contributed by atoms with E-state index in [1.165, 1.54) is 31.4 Å². The Morgan fingerprint density at radius 3 is 2.54 bits per heavy atom. The van der Waals surface area contributed by atoms with E-state index in [-0.39, 0.29) is 22.2 Å². The molecule has 2 aromatic heterocycles. The van der Waals surface area contributed by atoms with Gasteiger partial charge >= 0.3 is 0 Å². The monoisotopic (exact) mass is 390 g/mol. The predicted molar refractivity (Wildman–Crippen MR) is 98.2 cm³/mol. The second kappa shape index (κ2) is 7.55. The number of aryl methyl sites for hydroxylation is 1. The lowest BCUT2D eigenvalue weighted by molar-refractivity contribution is 0.102. The quantitative estimate of drug-likeness (QED) is 0.736. The molecule has 0 aliphatic carbocycles. The number of pyridine rings is 1. The Morgan fingerprint density at radius 2 is 1.88 bits per heavy atom. The fourth-order valence-electron chi connectivity index (χ4n) is 2.01. The Bertz CT molecular complexity index is 1020. The number of carbonyl (C=O) groups is 1. The van der Waals surface area contributed by atoms with Crippen molar-refractivity contribution in [2.75, 3.05) is 5.32 Å². The topological polar surface area (TPSA) is 86.1 Å². The summed E-state index contributed by atoms with van der Waals surface area (Å²) in [5.41, 5.74) is 0.371. The summed E-state index contributed by atoms with van der Waals surface area (Å²) in [4.78, 5) is 27.5. The van der Waals surface area contributed by atoms with Crippen molar-refractivity contribution in [3.8, 4) is 11.6 Å². The van der Waals surface area contributed by atoms with Crippen LogP contribution in [0.3, 0.4) is 0 Å². The first kappa shape index (κ1) is 17.9. The number of rotatable bonds is 4. The summed E-state index contributed by atoms with van der Waals surface area (Å²) in [7, 11) is 1.47. The average molecular weight is 391 g/mol. The Morgan fingerprint density at radius 1 is 1.15 bits per heavy atom. The molecule has 7 nitrogen and oxygen atoms in total. The molecule has 0 unspecified atom stereocenters. The molecule has 1 amide bonds. The van der Waals surface area contributed by atoms with Crippen LogP contribution < -0.4 is 15.6 Å². The molecule has 0 fully saturated rings. The van der Waals surface area contributed by atoms with Gasteiger partial charge in [-0.15, -0.1) is 0 Å². The highest BCUT2D eigenvalue weighted by atomic mass is 35.5. The van der Waals surface area contributed by atoms with Crippen LogP contribution in [0.2, 0.25) is 10.0 Å². The van der Waals surface area contributed by atoms with Gasteiger partial charge in [-0.05, 0) is 36.4 Å². The van der Waals surface area contributed by atoms with E-state index in [1.54, 1.807) is 24.3 Å². The van der Waals surface area contributed by atoms with Crippen LogP contribution in [0.1, 0.15) is 10.5 Å². The SMILES string of the molecule is Cn1nc(C(=O)Nc2ccc(Oc3ncc(Cl)cc3Cl)cc2)ccc1=O. The number of hydrogen-bond acceptors (Lipinski definition) is 5. The number of nitrogens with zero attached hydrogens (tertiary/aromatic N) is 3. The van der Waals surface area contributed by atoms with Crippen LogP contribution in [0.5, 0.6) is 11.6 Å². The maximum atomic E-state index is 12.2. The number of aromatic nitrogens is 3. The first-order valence-electron chi connectivity index (χ1n) is 7.37. The van der Waals surface area contributed by atoms with Gasteiger partial charge < -0.3 is 10.1 Å². The minimum atomic E-state index is -0.434. The molecule has 3 rings (SSSR count). The van der Waals surface area contributed by atoms with Crippen LogP contribution in [0, 0.1) is 0 Å². The molecule has 0 spiro atoms. The first-order chi connectivity index (χ1) is 12.4. The smallest absolute Gasteiger partial charge is 0.276 e. The van der Waals surface area contributed by atoms with Crippen LogP contribution in [0.15, 0.2) is 53.5 Å². The van der Waals surface area contributed by atoms with Crippen LogP contribution in [0.4, 0.5) is 5.69 Å². The van der Waals surface area contributed by atoms with Gasteiger partial charge in [-0.1, -0.05) is 23.2 Å². The molecule has 0 saturated heterocycles. The summed E-state index contributed by atoms with van der Waals surface area (Å²) >= 11 is 11.8. The fraction of sp³-hybridized carbons (Fsp3) is 0.0588. The van der Waals surface area contributed by atoms with Crippen molar-refractivity contribution in [2.24, 2.45) is 7.05 Å². The van der Waals surface area contributed by atoms with Gasteiger partial charge in [0, 0.05) is 25.0 Å². The highest BCUT2D eigenvalue weighted by Crippen LogP contribution is 2.29. The third-order valence-electron chi connectivity index (χ3n) is 3.29. The zero-order valence-corrected chi connectivity index (χ0v) is 15.0.